The molecule has 0 radical (unpaired) electrons. The Labute approximate surface area is 175 Å². The molecule has 0 aromatic heterocycles. The third-order valence-corrected chi connectivity index (χ3v) is 6.43. The zero-order valence-corrected chi connectivity index (χ0v) is 16.7. The summed E-state index contributed by atoms with van der Waals surface area (Å²) in [5, 5.41) is 3.77. The lowest BCUT2D eigenvalue weighted by Gasteiger charge is -2.46. The van der Waals surface area contributed by atoms with Crippen molar-refractivity contribution in [2.75, 3.05) is 11.5 Å². The number of hydrogen-bond acceptors (Lipinski definition) is 4. The maximum Gasteiger partial charge on any atom is 0.338 e. The van der Waals surface area contributed by atoms with E-state index in [1.165, 1.54) is 11.1 Å². The van der Waals surface area contributed by atoms with Crippen LogP contribution in [-0.2, 0) is 9.53 Å². The van der Waals surface area contributed by atoms with Crippen molar-refractivity contribution in [2.24, 2.45) is 0 Å². The predicted molar refractivity (Wildman–Crippen MR) is 117 cm³/mol. The fraction of sp³-hybridized carbons (Fsp3) is 0.192. The number of ether oxygens (including phenoxy) is 1. The van der Waals surface area contributed by atoms with Gasteiger partial charge >= 0.3 is 5.97 Å². The third-order valence-electron chi connectivity index (χ3n) is 6.43. The normalized spacial score (nSPS) is 23.1. The Bertz CT molecular complexity index is 1180. The molecule has 0 unspecified atom stereocenters. The zero-order chi connectivity index (χ0) is 20.2. The Morgan fingerprint density at radius 3 is 2.33 bits per heavy atom. The number of benzene rings is 3. The topological polar surface area (TPSA) is 41.6 Å². The van der Waals surface area contributed by atoms with Crippen LogP contribution in [0, 0.1) is 0 Å². The largest absolute Gasteiger partial charge is 0.463 e. The summed E-state index contributed by atoms with van der Waals surface area (Å²) in [6.07, 6.45) is 0.0654. The molecule has 3 aliphatic rings. The Kier molecular flexibility index (Phi) is 3.83. The Morgan fingerprint density at radius 2 is 1.57 bits per heavy atom. The minimum atomic E-state index is -0.259. The summed E-state index contributed by atoms with van der Waals surface area (Å²) in [7, 11) is 0. The van der Waals surface area contributed by atoms with Crippen molar-refractivity contribution in [3.8, 4) is 0 Å². The summed E-state index contributed by atoms with van der Waals surface area (Å²) < 4.78 is 5.57. The zero-order valence-electron chi connectivity index (χ0n) is 16.7. The number of nitrogens with one attached hydrogen (secondary N) is 1. The molecule has 148 valence electrons. The van der Waals surface area contributed by atoms with Crippen LogP contribution in [0.4, 0.5) is 5.69 Å². The minimum Gasteiger partial charge on any atom is -0.463 e. The van der Waals surface area contributed by atoms with E-state index < -0.39 is 0 Å². The number of esters is 1. The van der Waals surface area contributed by atoms with Crippen LogP contribution in [-0.4, -0.2) is 18.7 Å². The van der Waals surface area contributed by atoms with E-state index in [2.05, 4.69) is 70.9 Å². The van der Waals surface area contributed by atoms with Crippen LogP contribution in [0.5, 0.6) is 0 Å². The molecule has 30 heavy (non-hydrogen) atoms. The second kappa shape index (κ2) is 6.57. The monoisotopic (exact) mass is 394 g/mol. The molecule has 0 saturated heterocycles. The molecule has 0 saturated carbocycles. The van der Waals surface area contributed by atoms with E-state index in [-0.39, 0.29) is 24.1 Å². The van der Waals surface area contributed by atoms with Gasteiger partial charge < -0.3 is 9.64 Å². The number of fused-ring (bicyclic) bond motifs is 7. The number of rotatable bonds is 3. The maximum absolute atomic E-state index is 13.3. The molecule has 2 bridgehead atoms. The van der Waals surface area contributed by atoms with Crippen molar-refractivity contribution in [1.82, 2.24) is 5.32 Å². The second-order valence-electron chi connectivity index (χ2n) is 7.93. The van der Waals surface area contributed by atoms with Crippen LogP contribution >= 0.6 is 0 Å². The van der Waals surface area contributed by atoms with Crippen LogP contribution in [0.25, 0.3) is 5.70 Å². The SMILES string of the molecule is CCOC(=O)C1=C(c2ccccc2)N2c3ccccc3[C@@H]3c4ccccc4[C@H]1N[C@@H]32. The molecule has 3 aliphatic heterocycles. The van der Waals surface area contributed by atoms with Gasteiger partial charge in [0.05, 0.1) is 30.1 Å². The Balaban J connectivity index is 1.72. The molecule has 3 heterocycles. The number of hydrogen-bond donors (Lipinski definition) is 1. The predicted octanol–water partition coefficient (Wildman–Crippen LogP) is 4.60. The van der Waals surface area contributed by atoms with Gasteiger partial charge in [0.15, 0.2) is 0 Å². The van der Waals surface area contributed by atoms with Crippen LogP contribution < -0.4 is 10.2 Å². The lowest BCUT2D eigenvalue weighted by atomic mass is 9.78. The highest BCUT2D eigenvalue weighted by molar-refractivity contribution is 6.04. The quantitative estimate of drug-likeness (QED) is 0.660. The molecular formula is C26H22N2O2. The molecule has 1 N–H and O–H groups in total. The van der Waals surface area contributed by atoms with Crippen LogP contribution in [0.2, 0.25) is 0 Å². The molecule has 3 aromatic rings. The summed E-state index contributed by atoms with van der Waals surface area (Å²) in [4.78, 5) is 15.6. The average molecular weight is 394 g/mol. The van der Waals surface area contributed by atoms with Gasteiger partial charge in [0.1, 0.15) is 0 Å². The van der Waals surface area contributed by atoms with Gasteiger partial charge in [0.25, 0.3) is 0 Å². The molecule has 0 fully saturated rings. The molecule has 3 aromatic carbocycles. The Morgan fingerprint density at radius 1 is 0.900 bits per heavy atom. The smallest absolute Gasteiger partial charge is 0.338 e. The van der Waals surface area contributed by atoms with Crippen LogP contribution in [0.3, 0.4) is 0 Å². The molecule has 6 rings (SSSR count). The molecule has 0 aliphatic carbocycles. The number of carbonyl (C=O) groups excluding carboxylic acids is 1. The van der Waals surface area contributed by atoms with Crippen molar-refractivity contribution in [3.05, 3.63) is 107 Å². The van der Waals surface area contributed by atoms with E-state index in [9.17, 15) is 4.79 Å². The highest BCUT2D eigenvalue weighted by Crippen LogP contribution is 2.56. The lowest BCUT2D eigenvalue weighted by Crippen LogP contribution is -2.55. The van der Waals surface area contributed by atoms with E-state index in [0.29, 0.717) is 12.2 Å². The van der Waals surface area contributed by atoms with Gasteiger partial charge in [-0.1, -0.05) is 72.8 Å². The van der Waals surface area contributed by atoms with Crippen LogP contribution in [0.15, 0.2) is 84.4 Å². The molecule has 3 atom stereocenters. The van der Waals surface area contributed by atoms with E-state index in [1.807, 2.05) is 25.1 Å². The first-order valence-electron chi connectivity index (χ1n) is 10.5. The fourth-order valence-corrected chi connectivity index (χ4v) is 5.34. The van der Waals surface area contributed by atoms with Gasteiger partial charge in [0.2, 0.25) is 0 Å². The summed E-state index contributed by atoms with van der Waals surface area (Å²) in [5.41, 5.74) is 7.55. The van der Waals surface area contributed by atoms with Crippen molar-refractivity contribution < 1.29 is 9.53 Å². The minimum absolute atomic E-state index is 0.0654. The molecule has 0 spiro atoms. The molecular weight excluding hydrogens is 372 g/mol. The van der Waals surface area contributed by atoms with Gasteiger partial charge in [-0.15, -0.1) is 0 Å². The van der Waals surface area contributed by atoms with Crippen molar-refractivity contribution in [2.45, 2.75) is 25.0 Å². The highest BCUT2D eigenvalue weighted by Gasteiger charge is 2.52. The summed E-state index contributed by atoms with van der Waals surface area (Å²) in [6.45, 7) is 2.21. The summed E-state index contributed by atoms with van der Waals surface area (Å²) in [5.74, 6) is -0.0407. The van der Waals surface area contributed by atoms with Gasteiger partial charge in [-0.25, -0.2) is 4.79 Å². The first kappa shape index (κ1) is 17.5. The van der Waals surface area contributed by atoms with Gasteiger partial charge in [-0.2, -0.15) is 0 Å². The first-order valence-corrected chi connectivity index (χ1v) is 10.5. The van der Waals surface area contributed by atoms with E-state index in [4.69, 9.17) is 4.74 Å². The summed E-state index contributed by atoms with van der Waals surface area (Å²) in [6, 6.07) is 27.1. The van der Waals surface area contributed by atoms with Crippen LogP contribution in [0.1, 0.15) is 41.1 Å². The number of carbonyl (C=O) groups is 1. The van der Waals surface area contributed by atoms with E-state index in [0.717, 1.165) is 22.5 Å². The van der Waals surface area contributed by atoms with Gasteiger partial charge in [-0.05, 0) is 35.2 Å². The fourth-order valence-electron chi connectivity index (χ4n) is 5.34. The van der Waals surface area contributed by atoms with E-state index in [1.54, 1.807) is 0 Å². The van der Waals surface area contributed by atoms with Gasteiger partial charge in [0, 0.05) is 11.6 Å². The number of para-hydroxylation sites is 1. The second-order valence-corrected chi connectivity index (χ2v) is 7.93. The molecule has 0 amide bonds. The molecule has 4 nitrogen and oxygen atoms in total. The molecule has 4 heteroatoms. The van der Waals surface area contributed by atoms with E-state index >= 15 is 0 Å². The maximum atomic E-state index is 13.3. The summed E-state index contributed by atoms with van der Waals surface area (Å²) >= 11 is 0. The standard InChI is InChI=1S/C26H22N2O2/c1-2-30-26(29)22-23-18-13-7-6-12-17(18)21-19-14-8-9-15-20(19)28(25(21)27-23)24(22)16-10-4-3-5-11-16/h3-15,21,23,25,27H,2H2,1H3/t21-,23+,25+/m0/s1. The third kappa shape index (κ3) is 2.28. The first-order chi connectivity index (χ1) is 14.8. The number of anilines is 1. The van der Waals surface area contributed by atoms with Crippen molar-refractivity contribution >= 4 is 17.4 Å². The van der Waals surface area contributed by atoms with Crippen molar-refractivity contribution in [1.29, 1.82) is 0 Å². The average Bonchev–Trinajstić information content (AvgIpc) is 3.15. The van der Waals surface area contributed by atoms with Crippen molar-refractivity contribution in [3.63, 3.8) is 0 Å². The Hall–Kier alpha value is -3.37. The lowest BCUT2D eigenvalue weighted by molar-refractivity contribution is -0.139. The number of nitrogens with zero attached hydrogens (tertiary/aromatic N) is 1. The highest BCUT2D eigenvalue weighted by atomic mass is 16.5. The van der Waals surface area contributed by atoms with Gasteiger partial charge in [-0.3, -0.25) is 5.32 Å².